The van der Waals surface area contributed by atoms with Gasteiger partial charge < -0.3 is 9.05 Å². The summed E-state index contributed by atoms with van der Waals surface area (Å²) in [5.41, 5.74) is -0.0167. The number of rotatable bonds is 2. The molecule has 1 aliphatic rings. The number of halogens is 3. The maximum atomic E-state index is 5.76. The average molecular weight is 358 g/mol. The highest BCUT2D eigenvalue weighted by molar-refractivity contribution is 9.09. The van der Waals surface area contributed by atoms with Crippen LogP contribution in [0.25, 0.3) is 0 Å². The van der Waals surface area contributed by atoms with Crippen LogP contribution in [0.4, 0.5) is 0 Å². The first-order valence-corrected chi connectivity index (χ1v) is 9.03. The molecule has 0 aromatic carbocycles. The number of hydrogen-bond donors (Lipinski definition) is 0. The van der Waals surface area contributed by atoms with Crippen LogP contribution in [0.1, 0.15) is 0 Å². The molecule has 1 saturated heterocycles. The summed E-state index contributed by atoms with van der Waals surface area (Å²) in [4.78, 5) is 0. The second-order valence-corrected chi connectivity index (χ2v) is 8.62. The lowest BCUT2D eigenvalue weighted by atomic mass is 9.96. The van der Waals surface area contributed by atoms with Crippen LogP contribution in [0, 0.1) is 5.41 Å². The fourth-order valence-electron chi connectivity index (χ4n) is 0.697. The van der Waals surface area contributed by atoms with Gasteiger partial charge in [-0.1, -0.05) is 31.9 Å². The predicted octanol–water partition coefficient (Wildman–Crippen LogP) is 3.27. The molecule has 0 aromatic heterocycles. The second-order valence-electron chi connectivity index (χ2n) is 2.74. The molecule has 0 aliphatic carbocycles. The van der Waals surface area contributed by atoms with Crippen LogP contribution >= 0.6 is 48.9 Å². The van der Waals surface area contributed by atoms with Crippen molar-refractivity contribution in [2.45, 2.75) is 0 Å². The Morgan fingerprint density at radius 2 is 1.75 bits per heavy atom. The molecule has 0 amide bonds. The van der Waals surface area contributed by atoms with Crippen molar-refractivity contribution in [2.75, 3.05) is 23.9 Å². The highest BCUT2D eigenvalue weighted by atomic mass is 79.9. The molecule has 0 unspecified atom stereocenters. The van der Waals surface area contributed by atoms with Crippen molar-refractivity contribution in [3.05, 3.63) is 0 Å². The fourth-order valence-corrected chi connectivity index (χ4v) is 3.81. The van der Waals surface area contributed by atoms with Crippen LogP contribution in [0.5, 0.6) is 0 Å². The van der Waals surface area contributed by atoms with E-state index in [1.165, 1.54) is 0 Å². The Labute approximate surface area is 98.5 Å². The van der Waals surface area contributed by atoms with Crippen LogP contribution < -0.4 is 0 Å². The van der Waals surface area contributed by atoms with Gasteiger partial charge in [-0.25, -0.2) is 0 Å². The quantitative estimate of drug-likeness (QED) is 0.558. The molecule has 1 heterocycles. The van der Waals surface area contributed by atoms with E-state index in [9.17, 15) is 0 Å². The molecular weight excluding hydrogens is 350 g/mol. The minimum absolute atomic E-state index is 0.0167. The summed E-state index contributed by atoms with van der Waals surface area (Å²) in [6.45, 7) is 1.12. The monoisotopic (exact) mass is 356 g/mol. The zero-order valence-electron chi connectivity index (χ0n) is 6.13. The van der Waals surface area contributed by atoms with Gasteiger partial charge in [0, 0.05) is 16.1 Å². The summed E-state index contributed by atoms with van der Waals surface area (Å²) in [5, 5.41) is 1.63. The summed E-state index contributed by atoms with van der Waals surface area (Å²) in [7, 11) is 0. The predicted molar refractivity (Wildman–Crippen MR) is 62.1 cm³/mol. The van der Waals surface area contributed by atoms with Gasteiger partial charge in [-0.2, -0.15) is 0 Å². The van der Waals surface area contributed by atoms with Gasteiger partial charge in [-0.05, 0) is 23.0 Å². The van der Waals surface area contributed by atoms with E-state index in [0.29, 0.717) is 13.2 Å². The van der Waals surface area contributed by atoms with Gasteiger partial charge in [0.1, 0.15) is 0 Å². The second kappa shape index (κ2) is 4.56. The largest absolute Gasteiger partial charge is 0.317 e. The van der Waals surface area contributed by atoms with Crippen LogP contribution in [-0.2, 0) is 20.9 Å². The van der Waals surface area contributed by atoms with Gasteiger partial charge in [-0.3, -0.25) is 0 Å². The first-order chi connectivity index (χ1) is 5.54. The van der Waals surface area contributed by atoms with Crippen LogP contribution in [-0.4, -0.2) is 23.9 Å². The topological polar surface area (TPSA) is 18.5 Å². The molecule has 2 nitrogen and oxygen atoms in total. The van der Waals surface area contributed by atoms with Gasteiger partial charge in [0.05, 0.1) is 13.2 Å². The van der Waals surface area contributed by atoms with E-state index in [0.717, 1.165) is 10.7 Å². The lowest BCUT2D eigenvalue weighted by Crippen LogP contribution is -2.38. The SMILES string of the molecule is S=P1(Cl)OCC(CBr)(CBr)CO1. The molecule has 0 aromatic rings. The molecule has 0 atom stereocenters. The molecule has 1 rings (SSSR count). The van der Waals surface area contributed by atoms with Gasteiger partial charge in [0.25, 0.3) is 5.84 Å². The molecule has 1 aliphatic heterocycles. The van der Waals surface area contributed by atoms with Crippen molar-refractivity contribution in [3.8, 4) is 0 Å². The molecule has 0 saturated carbocycles. The highest BCUT2D eigenvalue weighted by Gasteiger charge is 2.37. The molecule has 0 N–H and O–H groups in total. The lowest BCUT2D eigenvalue weighted by molar-refractivity contribution is 0.0752. The average Bonchev–Trinajstić information content (AvgIpc) is 2.06. The van der Waals surface area contributed by atoms with Crippen molar-refractivity contribution < 1.29 is 9.05 Å². The third-order valence-electron chi connectivity index (χ3n) is 1.62. The van der Waals surface area contributed by atoms with Crippen molar-refractivity contribution in [2.24, 2.45) is 5.41 Å². The van der Waals surface area contributed by atoms with E-state index < -0.39 is 5.84 Å². The smallest absolute Gasteiger partial charge is 0.281 e. The van der Waals surface area contributed by atoms with Crippen LogP contribution in [0.3, 0.4) is 0 Å². The zero-order chi connectivity index (χ0) is 9.24. The third kappa shape index (κ3) is 2.91. The van der Waals surface area contributed by atoms with Gasteiger partial charge in [0.2, 0.25) is 0 Å². The summed E-state index contributed by atoms with van der Waals surface area (Å²) in [5.74, 6) is -2.43. The minimum atomic E-state index is -2.43. The van der Waals surface area contributed by atoms with E-state index in [1.807, 2.05) is 0 Å². The van der Waals surface area contributed by atoms with Crippen LogP contribution in [0.15, 0.2) is 0 Å². The van der Waals surface area contributed by atoms with E-state index >= 15 is 0 Å². The Morgan fingerprint density at radius 3 is 2.08 bits per heavy atom. The fraction of sp³-hybridized carbons (Fsp3) is 1.00. The summed E-state index contributed by atoms with van der Waals surface area (Å²) < 4.78 is 10.5. The first-order valence-electron chi connectivity index (χ1n) is 3.24. The molecule has 12 heavy (non-hydrogen) atoms. The van der Waals surface area contributed by atoms with Crippen molar-refractivity contribution >= 4 is 60.8 Å². The lowest BCUT2D eigenvalue weighted by Gasteiger charge is -2.36. The van der Waals surface area contributed by atoms with Crippen molar-refractivity contribution in [1.82, 2.24) is 0 Å². The molecule has 0 bridgehead atoms. The first kappa shape index (κ1) is 11.9. The van der Waals surface area contributed by atoms with E-state index in [1.54, 1.807) is 0 Å². The summed E-state index contributed by atoms with van der Waals surface area (Å²) in [6, 6.07) is 0. The Hall–Kier alpha value is 1.82. The maximum Gasteiger partial charge on any atom is 0.281 e. The Morgan fingerprint density at radius 1 is 1.33 bits per heavy atom. The molecule has 72 valence electrons. The van der Waals surface area contributed by atoms with E-state index in [-0.39, 0.29) is 5.41 Å². The van der Waals surface area contributed by atoms with Gasteiger partial charge in [0.15, 0.2) is 0 Å². The van der Waals surface area contributed by atoms with Gasteiger partial charge >= 0.3 is 0 Å². The van der Waals surface area contributed by atoms with Crippen LogP contribution in [0.2, 0.25) is 0 Å². The summed E-state index contributed by atoms with van der Waals surface area (Å²) >= 11 is 17.5. The molecule has 1 fully saturated rings. The zero-order valence-corrected chi connectivity index (χ0v) is 11.8. The number of alkyl halides is 2. The molecule has 0 radical (unpaired) electrons. The Kier molecular flexibility index (Phi) is 4.52. The highest BCUT2D eigenvalue weighted by Crippen LogP contribution is 2.58. The van der Waals surface area contributed by atoms with Crippen molar-refractivity contribution in [3.63, 3.8) is 0 Å². The molecule has 0 spiro atoms. The Bertz CT molecular complexity index is 198. The summed E-state index contributed by atoms with van der Waals surface area (Å²) in [6.07, 6.45) is 0. The maximum absolute atomic E-state index is 5.76. The van der Waals surface area contributed by atoms with E-state index in [2.05, 4.69) is 31.9 Å². The standard InChI is InChI=1S/C5H8Br2ClO2PS/c6-1-5(2-7)3-9-11(8,12)10-4-5/h1-4H2. The third-order valence-corrected chi connectivity index (χ3v) is 6.09. The molecule has 7 heteroatoms. The minimum Gasteiger partial charge on any atom is -0.317 e. The van der Waals surface area contributed by atoms with E-state index in [4.69, 9.17) is 32.1 Å². The normalized spacial score (nSPS) is 26.9. The van der Waals surface area contributed by atoms with Crippen molar-refractivity contribution in [1.29, 1.82) is 0 Å². The number of hydrogen-bond acceptors (Lipinski definition) is 3. The van der Waals surface area contributed by atoms with Gasteiger partial charge in [-0.15, -0.1) is 0 Å². The Balaban J connectivity index is 2.59. The molecular formula is C5H8Br2ClO2PS.